The Morgan fingerprint density at radius 1 is 1.29 bits per heavy atom. The maximum absolute atomic E-state index is 12.4. The van der Waals surface area contributed by atoms with Crippen molar-refractivity contribution in [2.75, 3.05) is 13.1 Å². The quantitative estimate of drug-likeness (QED) is 0.597. The van der Waals surface area contributed by atoms with E-state index in [4.69, 9.17) is 0 Å². The molecule has 1 amide bonds. The molecule has 1 aromatic carbocycles. The molecule has 4 heteroatoms. The van der Waals surface area contributed by atoms with E-state index in [9.17, 15) is 4.79 Å². The zero-order valence-corrected chi connectivity index (χ0v) is 14.9. The molecule has 2 rings (SSSR count). The molecule has 0 fully saturated rings. The number of aromatic nitrogens is 2. The maximum Gasteiger partial charge on any atom is 0.246 e. The molecule has 2 aromatic rings. The van der Waals surface area contributed by atoms with Crippen molar-refractivity contribution in [2.24, 2.45) is 0 Å². The average molecular weight is 323 g/mol. The third-order valence-corrected chi connectivity index (χ3v) is 3.89. The van der Waals surface area contributed by atoms with Crippen molar-refractivity contribution in [3.63, 3.8) is 0 Å². The lowest BCUT2D eigenvalue weighted by atomic mass is 10.1. The first-order valence-corrected chi connectivity index (χ1v) is 8.17. The first kappa shape index (κ1) is 17.7. The molecular formula is C20H25N3O. The van der Waals surface area contributed by atoms with Crippen LogP contribution in [0.2, 0.25) is 0 Å². The molecule has 4 nitrogen and oxygen atoms in total. The van der Waals surface area contributed by atoms with Crippen LogP contribution in [0.1, 0.15) is 30.8 Å². The van der Waals surface area contributed by atoms with E-state index in [0.29, 0.717) is 13.1 Å². The minimum absolute atomic E-state index is 0.00763. The van der Waals surface area contributed by atoms with Gasteiger partial charge in [-0.2, -0.15) is 5.10 Å². The highest BCUT2D eigenvalue weighted by Crippen LogP contribution is 2.19. The largest absolute Gasteiger partial charge is 0.335 e. The van der Waals surface area contributed by atoms with Gasteiger partial charge in [-0.15, -0.1) is 0 Å². The second kappa shape index (κ2) is 7.77. The van der Waals surface area contributed by atoms with E-state index in [1.807, 2.05) is 68.8 Å². The lowest BCUT2D eigenvalue weighted by molar-refractivity contribution is -0.125. The van der Waals surface area contributed by atoms with Crippen LogP contribution in [0.4, 0.5) is 0 Å². The second-order valence-corrected chi connectivity index (χ2v) is 5.97. The minimum Gasteiger partial charge on any atom is -0.335 e. The van der Waals surface area contributed by atoms with Crippen molar-refractivity contribution in [3.8, 4) is 5.69 Å². The Morgan fingerprint density at radius 3 is 2.54 bits per heavy atom. The van der Waals surface area contributed by atoms with E-state index in [0.717, 1.165) is 28.2 Å². The molecule has 0 bridgehead atoms. The van der Waals surface area contributed by atoms with Crippen LogP contribution in [0.15, 0.2) is 48.6 Å². The van der Waals surface area contributed by atoms with Gasteiger partial charge in [0, 0.05) is 30.4 Å². The molecule has 0 N–H and O–H groups in total. The summed E-state index contributed by atoms with van der Waals surface area (Å²) in [5, 5.41) is 4.60. The Labute approximate surface area is 144 Å². The Hall–Kier alpha value is -2.62. The number of nitrogens with zero attached hydrogens (tertiary/aromatic N) is 3. The number of carbonyl (C=O) groups is 1. The lowest BCUT2D eigenvalue weighted by Crippen LogP contribution is -2.30. The predicted octanol–water partition coefficient (Wildman–Crippen LogP) is 3.93. The van der Waals surface area contributed by atoms with Crippen molar-refractivity contribution in [2.45, 2.75) is 27.7 Å². The lowest BCUT2D eigenvalue weighted by Gasteiger charge is -2.18. The third kappa shape index (κ3) is 4.02. The molecule has 0 saturated heterocycles. The summed E-state index contributed by atoms with van der Waals surface area (Å²) in [4.78, 5) is 14.1. The van der Waals surface area contributed by atoms with Gasteiger partial charge in [-0.05, 0) is 45.9 Å². The minimum atomic E-state index is -0.00763. The first-order valence-electron chi connectivity index (χ1n) is 8.17. The summed E-state index contributed by atoms with van der Waals surface area (Å²) >= 11 is 0. The van der Waals surface area contributed by atoms with Gasteiger partial charge in [0.1, 0.15) is 0 Å². The number of hydrogen-bond donors (Lipinski definition) is 0. The van der Waals surface area contributed by atoms with E-state index in [1.54, 1.807) is 11.0 Å². The highest BCUT2D eigenvalue weighted by molar-refractivity contribution is 5.92. The second-order valence-electron chi connectivity index (χ2n) is 5.97. The monoisotopic (exact) mass is 323 g/mol. The zero-order valence-electron chi connectivity index (χ0n) is 14.9. The number of likely N-dealkylation sites (N-methyl/N-ethyl adjacent to an activating group) is 1. The number of amides is 1. The highest BCUT2D eigenvalue weighted by Gasteiger charge is 2.12. The van der Waals surface area contributed by atoms with E-state index in [2.05, 4.69) is 11.7 Å². The van der Waals surface area contributed by atoms with Crippen molar-refractivity contribution >= 4 is 12.0 Å². The van der Waals surface area contributed by atoms with E-state index in [1.165, 1.54) is 0 Å². The fraction of sp³-hybridized carbons (Fsp3) is 0.300. The summed E-state index contributed by atoms with van der Waals surface area (Å²) in [7, 11) is 0. The number of carbonyl (C=O) groups excluding carboxylic acids is 1. The molecule has 24 heavy (non-hydrogen) atoms. The maximum atomic E-state index is 12.4. The Bertz CT molecular complexity index is 757. The molecule has 0 spiro atoms. The molecule has 1 aromatic heterocycles. The van der Waals surface area contributed by atoms with Gasteiger partial charge >= 0.3 is 0 Å². The van der Waals surface area contributed by atoms with Gasteiger partial charge in [-0.25, -0.2) is 4.68 Å². The molecule has 126 valence electrons. The van der Waals surface area contributed by atoms with Gasteiger partial charge in [-0.3, -0.25) is 4.79 Å². The summed E-state index contributed by atoms with van der Waals surface area (Å²) in [6.07, 6.45) is 3.49. The van der Waals surface area contributed by atoms with Crippen molar-refractivity contribution in [3.05, 3.63) is 65.5 Å². The Morgan fingerprint density at radius 2 is 1.96 bits per heavy atom. The number of para-hydroxylation sites is 1. The van der Waals surface area contributed by atoms with Gasteiger partial charge in [0.05, 0.1) is 11.4 Å². The summed E-state index contributed by atoms with van der Waals surface area (Å²) < 4.78 is 1.91. The highest BCUT2D eigenvalue weighted by atomic mass is 16.2. The van der Waals surface area contributed by atoms with E-state index < -0.39 is 0 Å². The van der Waals surface area contributed by atoms with Crippen molar-refractivity contribution < 1.29 is 4.79 Å². The standard InChI is InChI=1S/C20H25N3O/c1-6-22(14-15(2)3)20(24)13-12-19-16(4)21-23(17(19)5)18-10-8-7-9-11-18/h7-13H,2,6,14H2,1,3-5H3/b13-12+. The number of benzene rings is 1. The van der Waals surface area contributed by atoms with Gasteiger partial charge in [-0.1, -0.05) is 30.4 Å². The summed E-state index contributed by atoms with van der Waals surface area (Å²) in [5.41, 5.74) is 4.90. The Kier molecular flexibility index (Phi) is 5.74. The zero-order chi connectivity index (χ0) is 17.7. The van der Waals surface area contributed by atoms with Crippen LogP contribution in [0, 0.1) is 13.8 Å². The molecular weight excluding hydrogens is 298 g/mol. The number of hydrogen-bond acceptors (Lipinski definition) is 2. The molecule has 0 aliphatic carbocycles. The van der Waals surface area contributed by atoms with Crippen LogP contribution >= 0.6 is 0 Å². The van der Waals surface area contributed by atoms with Gasteiger partial charge in [0.2, 0.25) is 5.91 Å². The summed E-state index contributed by atoms with van der Waals surface area (Å²) in [6.45, 7) is 13.0. The third-order valence-electron chi connectivity index (χ3n) is 3.89. The SMILES string of the molecule is C=C(C)CN(CC)C(=O)/C=C/c1c(C)nn(-c2ccccc2)c1C. The number of aryl methyl sites for hydroxylation is 1. The van der Waals surface area contributed by atoms with Crippen LogP contribution in [0.25, 0.3) is 11.8 Å². The van der Waals surface area contributed by atoms with Crippen molar-refractivity contribution in [1.82, 2.24) is 14.7 Å². The molecule has 1 heterocycles. The van der Waals surface area contributed by atoms with Gasteiger partial charge < -0.3 is 4.90 Å². The molecule has 0 radical (unpaired) electrons. The van der Waals surface area contributed by atoms with Crippen molar-refractivity contribution in [1.29, 1.82) is 0 Å². The molecule has 0 atom stereocenters. The normalized spacial score (nSPS) is 11.0. The first-order chi connectivity index (χ1) is 11.4. The predicted molar refractivity (Wildman–Crippen MR) is 99.1 cm³/mol. The van der Waals surface area contributed by atoms with Crippen LogP contribution in [0.5, 0.6) is 0 Å². The molecule has 0 unspecified atom stereocenters. The summed E-state index contributed by atoms with van der Waals surface area (Å²) in [6, 6.07) is 9.99. The topological polar surface area (TPSA) is 38.1 Å². The Balaban J connectivity index is 2.25. The van der Waals surface area contributed by atoms with Crippen LogP contribution in [-0.4, -0.2) is 33.7 Å². The van der Waals surface area contributed by atoms with E-state index >= 15 is 0 Å². The summed E-state index contributed by atoms with van der Waals surface area (Å²) in [5.74, 6) is -0.00763. The molecule has 0 aliphatic rings. The fourth-order valence-electron chi connectivity index (χ4n) is 2.65. The van der Waals surface area contributed by atoms with Crippen LogP contribution in [0.3, 0.4) is 0 Å². The number of rotatable bonds is 6. The smallest absolute Gasteiger partial charge is 0.246 e. The molecule has 0 saturated carbocycles. The molecule has 0 aliphatic heterocycles. The fourth-order valence-corrected chi connectivity index (χ4v) is 2.65. The average Bonchev–Trinajstić information content (AvgIpc) is 2.85. The van der Waals surface area contributed by atoms with Gasteiger partial charge in [0.15, 0.2) is 0 Å². The van der Waals surface area contributed by atoms with E-state index in [-0.39, 0.29) is 5.91 Å². The van der Waals surface area contributed by atoms with Gasteiger partial charge in [0.25, 0.3) is 0 Å². The van der Waals surface area contributed by atoms with Crippen LogP contribution in [-0.2, 0) is 4.79 Å². The van der Waals surface area contributed by atoms with Crippen LogP contribution < -0.4 is 0 Å².